The maximum Gasteiger partial charge on any atom is 3.00 e. The molecule has 0 aromatic carbocycles. The quantitative estimate of drug-likeness (QED) is 0.255. The molecule has 0 aromatic rings. The molecule has 0 aliphatic heterocycles. The predicted octanol–water partition coefficient (Wildman–Crippen LogP) is -8.63. The van der Waals surface area contributed by atoms with Gasteiger partial charge in [0.2, 0.25) is 0 Å². The smallest absolute Gasteiger partial charge is 1.00 e. The number of hydrogen-bond acceptors (Lipinski definition) is 2. The van der Waals surface area contributed by atoms with Gasteiger partial charge in [-0.25, -0.2) is 4.79 Å². The van der Waals surface area contributed by atoms with Gasteiger partial charge in [-0.1, -0.05) is 6.58 Å². The number of ether oxygens (including phenoxy) is 1. The topological polar surface area (TPSA) is 26.3 Å². The first-order valence-electron chi connectivity index (χ1n) is 1.92. The summed E-state index contributed by atoms with van der Waals surface area (Å²) in [5.74, 6) is -0.347. The molecule has 0 saturated carbocycles. The summed E-state index contributed by atoms with van der Waals surface area (Å²) in [5.41, 5.74) is 0.433. The summed E-state index contributed by atoms with van der Waals surface area (Å²) in [7, 11) is 1.33. The van der Waals surface area contributed by atoms with Crippen LogP contribution in [0.1, 0.15) is 6.92 Å². The number of esters is 1. The van der Waals surface area contributed by atoms with Crippen LogP contribution in [0.3, 0.4) is 0 Å². The predicted molar refractivity (Wildman–Crippen MR) is 32.6 cm³/mol. The molecule has 0 atom stereocenters. The molecule has 0 bridgehead atoms. The molecule has 0 aliphatic rings. The molecule has 2 nitrogen and oxygen atoms in total. The number of carbonyl (C=O) groups excluding carboxylic acids is 1. The third-order valence-electron chi connectivity index (χ3n) is 0.534. The minimum absolute atomic E-state index is 0. The molecule has 0 fully saturated rings. The van der Waals surface area contributed by atoms with E-state index in [1.54, 1.807) is 6.92 Å². The van der Waals surface area contributed by atoms with E-state index in [0.717, 1.165) is 0 Å². The van der Waals surface area contributed by atoms with E-state index in [1.807, 2.05) is 0 Å². The number of carbonyl (C=O) groups is 1. The zero-order valence-corrected chi connectivity index (χ0v) is 9.66. The summed E-state index contributed by atoms with van der Waals surface area (Å²) >= 11 is 0. The van der Waals surface area contributed by atoms with Crippen LogP contribution in [-0.4, -0.2) is 30.4 Å². The zero-order chi connectivity index (χ0) is 5.86. The molecule has 11 heavy (non-hydrogen) atoms. The van der Waals surface area contributed by atoms with Gasteiger partial charge < -0.3 is 42.0 Å². The first kappa shape index (κ1) is 29.9. The van der Waals surface area contributed by atoms with E-state index in [1.165, 1.54) is 7.11 Å². The van der Waals surface area contributed by atoms with E-state index in [4.69, 9.17) is 0 Å². The number of hydrogen-bond donors (Lipinski definition) is 0. The second-order valence-electron chi connectivity index (χ2n) is 1.27. The molecule has 0 rings (SSSR count). The Labute approximate surface area is 96.1 Å². The molecular weight excluding hydrogens is 225 g/mol. The molecule has 0 aromatic heterocycles. The van der Waals surface area contributed by atoms with Crippen LogP contribution in [0.25, 0.3) is 0 Å². The normalized spacial score (nSPS) is 4.91. The van der Waals surface area contributed by atoms with E-state index in [9.17, 15) is 4.79 Å². The average Bonchev–Trinajstić information content (AvgIpc) is 1.65. The van der Waals surface area contributed by atoms with Gasteiger partial charge in [0.15, 0.2) is 0 Å². The van der Waals surface area contributed by atoms with Crippen molar-refractivity contribution in [3.63, 3.8) is 0 Å². The van der Waals surface area contributed by atoms with Crippen molar-refractivity contribution in [2.45, 2.75) is 6.92 Å². The van der Waals surface area contributed by atoms with Crippen molar-refractivity contribution in [3.05, 3.63) is 12.2 Å². The van der Waals surface area contributed by atoms with Crippen LogP contribution in [-0.2, 0) is 9.53 Å². The summed E-state index contributed by atoms with van der Waals surface area (Å²) in [6, 6.07) is 0. The van der Waals surface area contributed by atoms with Crippen molar-refractivity contribution in [1.82, 2.24) is 0 Å². The second kappa shape index (κ2) is 16.9. The molecule has 0 aliphatic carbocycles. The molecule has 64 valence electrons. The van der Waals surface area contributed by atoms with Gasteiger partial charge in [-0.2, -0.15) is 0 Å². The van der Waals surface area contributed by atoms with Crippen LogP contribution in [0.15, 0.2) is 12.2 Å². The maximum atomic E-state index is 10.2. The Hall–Kier alpha value is 0.612. The molecule has 0 spiro atoms. The first-order chi connectivity index (χ1) is 3.18. The largest absolute Gasteiger partial charge is 3.00 e. The van der Waals surface area contributed by atoms with Gasteiger partial charge in [-0.3, -0.25) is 0 Å². The monoisotopic (exact) mass is 232 g/mol. The Morgan fingerprint density at radius 2 is 1.55 bits per heavy atom. The molecule has 6 heteroatoms. The van der Waals surface area contributed by atoms with E-state index in [-0.39, 0.29) is 60.6 Å². The standard InChI is InChI=1S/C5H8O2.Al.3ClH/c1-4(2)5(6)7-3;;;;/h1H2,2-3H3;;3*1H/q;+3;;;/p-3. The third-order valence-corrected chi connectivity index (χ3v) is 0.534. The minimum atomic E-state index is -0.347. The Morgan fingerprint density at radius 1 is 1.27 bits per heavy atom. The summed E-state index contributed by atoms with van der Waals surface area (Å²) < 4.78 is 4.27. The molecule has 0 unspecified atom stereocenters. The van der Waals surface area contributed by atoms with Gasteiger partial charge in [0.1, 0.15) is 0 Å². The fraction of sp³-hybridized carbons (Fsp3) is 0.400. The second-order valence-corrected chi connectivity index (χ2v) is 1.27. The van der Waals surface area contributed by atoms with Gasteiger partial charge in [0.05, 0.1) is 7.11 Å². The Balaban J connectivity index is -0.0000000300. The van der Waals surface area contributed by atoms with Gasteiger partial charge in [-0.15, -0.1) is 0 Å². The van der Waals surface area contributed by atoms with Crippen molar-refractivity contribution in [2.24, 2.45) is 0 Å². The molecule has 0 radical (unpaired) electrons. The minimum Gasteiger partial charge on any atom is -1.00 e. The van der Waals surface area contributed by atoms with E-state index >= 15 is 0 Å². The van der Waals surface area contributed by atoms with Gasteiger partial charge in [0, 0.05) is 5.57 Å². The summed E-state index contributed by atoms with van der Waals surface area (Å²) in [6.45, 7) is 4.95. The van der Waals surface area contributed by atoms with Gasteiger partial charge in [0.25, 0.3) is 0 Å². The van der Waals surface area contributed by atoms with Gasteiger partial charge in [-0.05, 0) is 6.92 Å². The molecular formula is C5H8AlCl3O2. The Morgan fingerprint density at radius 3 is 1.55 bits per heavy atom. The van der Waals surface area contributed by atoms with Crippen LogP contribution < -0.4 is 37.2 Å². The molecule has 0 saturated heterocycles. The Kier molecular flexibility index (Phi) is 46.0. The van der Waals surface area contributed by atoms with Gasteiger partial charge >= 0.3 is 23.3 Å². The molecule has 0 amide bonds. The maximum absolute atomic E-state index is 10.2. The van der Waals surface area contributed by atoms with Crippen molar-refractivity contribution >= 4 is 23.3 Å². The van der Waals surface area contributed by atoms with Crippen molar-refractivity contribution in [3.8, 4) is 0 Å². The summed E-state index contributed by atoms with van der Waals surface area (Å²) in [4.78, 5) is 10.2. The van der Waals surface area contributed by atoms with E-state index < -0.39 is 0 Å². The summed E-state index contributed by atoms with van der Waals surface area (Å²) in [6.07, 6.45) is 0. The first-order valence-corrected chi connectivity index (χ1v) is 1.92. The number of halogens is 3. The Bertz CT molecular complexity index is 108. The number of methoxy groups -OCH3 is 1. The average molecular weight is 233 g/mol. The van der Waals surface area contributed by atoms with E-state index in [2.05, 4.69) is 11.3 Å². The van der Waals surface area contributed by atoms with Crippen LogP contribution >= 0.6 is 0 Å². The van der Waals surface area contributed by atoms with Crippen LogP contribution in [0.5, 0.6) is 0 Å². The van der Waals surface area contributed by atoms with Crippen molar-refractivity contribution in [1.29, 1.82) is 0 Å². The summed E-state index contributed by atoms with van der Waals surface area (Å²) in [5, 5.41) is 0. The number of rotatable bonds is 1. The van der Waals surface area contributed by atoms with Crippen molar-refractivity contribution < 1.29 is 46.8 Å². The van der Waals surface area contributed by atoms with E-state index in [0.29, 0.717) is 5.57 Å². The molecule has 0 N–H and O–H groups in total. The van der Waals surface area contributed by atoms with Crippen molar-refractivity contribution in [2.75, 3.05) is 7.11 Å². The van der Waals surface area contributed by atoms with Crippen LogP contribution in [0.2, 0.25) is 0 Å². The van der Waals surface area contributed by atoms with Crippen LogP contribution in [0, 0.1) is 0 Å². The fourth-order valence-electron chi connectivity index (χ4n) is 0.174. The zero-order valence-electron chi connectivity index (χ0n) is 6.23. The third kappa shape index (κ3) is 18.0. The fourth-order valence-corrected chi connectivity index (χ4v) is 0.174. The van der Waals surface area contributed by atoms with Crippen LogP contribution in [0.4, 0.5) is 0 Å². The molecule has 0 heterocycles. The SMILES string of the molecule is C=C(C)C(=O)OC.[Al+3].[Cl-].[Cl-].[Cl-].